The minimum absolute atomic E-state index is 0.0918. The standard InChI is InChI=1S/C12H21NO4/c1-6-9(8(4)14)11(15)13-10(7(2)3)12(16)17-5/h6-10,14H,1H2,2-5H3,(H,13,15)/t8?,9?,10-/m0/s1. The van der Waals surface area contributed by atoms with E-state index in [0.717, 1.165) is 0 Å². The number of rotatable bonds is 6. The second-order valence-electron chi connectivity index (χ2n) is 4.26. The number of nitrogens with one attached hydrogen (secondary N) is 1. The first-order chi connectivity index (χ1) is 7.84. The predicted molar refractivity (Wildman–Crippen MR) is 64.2 cm³/mol. The lowest BCUT2D eigenvalue weighted by Gasteiger charge is -2.23. The van der Waals surface area contributed by atoms with Crippen molar-refractivity contribution in [1.82, 2.24) is 5.32 Å². The molecule has 0 saturated carbocycles. The maximum atomic E-state index is 11.8. The number of hydrogen-bond donors (Lipinski definition) is 2. The van der Waals surface area contributed by atoms with E-state index in [1.54, 1.807) is 13.8 Å². The van der Waals surface area contributed by atoms with Gasteiger partial charge in [-0.3, -0.25) is 4.79 Å². The summed E-state index contributed by atoms with van der Waals surface area (Å²) in [6.07, 6.45) is 0.507. The Labute approximate surface area is 102 Å². The Morgan fingerprint density at radius 3 is 2.18 bits per heavy atom. The van der Waals surface area contributed by atoms with Gasteiger partial charge in [-0.2, -0.15) is 0 Å². The summed E-state index contributed by atoms with van der Waals surface area (Å²) in [7, 11) is 1.27. The summed E-state index contributed by atoms with van der Waals surface area (Å²) < 4.78 is 4.61. The van der Waals surface area contributed by atoms with E-state index in [0.29, 0.717) is 0 Å². The third kappa shape index (κ3) is 4.56. The molecule has 2 unspecified atom stereocenters. The number of carbonyl (C=O) groups excluding carboxylic acids is 2. The van der Waals surface area contributed by atoms with E-state index in [1.807, 2.05) is 0 Å². The molecule has 98 valence electrons. The third-order valence-electron chi connectivity index (χ3n) is 2.50. The van der Waals surface area contributed by atoms with Crippen LogP contribution >= 0.6 is 0 Å². The summed E-state index contributed by atoms with van der Waals surface area (Å²) in [6.45, 7) is 8.58. The molecule has 0 spiro atoms. The fraction of sp³-hybridized carbons (Fsp3) is 0.667. The smallest absolute Gasteiger partial charge is 0.328 e. The Morgan fingerprint density at radius 1 is 1.35 bits per heavy atom. The molecule has 1 amide bonds. The quantitative estimate of drug-likeness (QED) is 0.525. The topological polar surface area (TPSA) is 75.6 Å². The second-order valence-corrected chi connectivity index (χ2v) is 4.26. The summed E-state index contributed by atoms with van der Waals surface area (Å²) in [5.74, 6) is -1.76. The molecular weight excluding hydrogens is 222 g/mol. The molecule has 0 aliphatic heterocycles. The second kappa shape index (κ2) is 7.06. The Hall–Kier alpha value is -1.36. The Morgan fingerprint density at radius 2 is 1.88 bits per heavy atom. The maximum absolute atomic E-state index is 11.8. The number of ether oxygens (including phenoxy) is 1. The van der Waals surface area contributed by atoms with Crippen LogP contribution in [0.15, 0.2) is 12.7 Å². The zero-order valence-electron chi connectivity index (χ0n) is 10.8. The molecule has 0 aliphatic carbocycles. The zero-order valence-corrected chi connectivity index (χ0v) is 10.8. The number of hydrogen-bond acceptors (Lipinski definition) is 4. The largest absolute Gasteiger partial charge is 0.467 e. The van der Waals surface area contributed by atoms with Crippen molar-refractivity contribution in [2.24, 2.45) is 11.8 Å². The molecule has 5 nitrogen and oxygen atoms in total. The van der Waals surface area contributed by atoms with E-state index in [-0.39, 0.29) is 5.92 Å². The van der Waals surface area contributed by atoms with E-state index in [2.05, 4.69) is 16.6 Å². The van der Waals surface area contributed by atoms with Crippen LogP contribution in [0, 0.1) is 11.8 Å². The SMILES string of the molecule is C=CC(C(=O)N[C@H](C(=O)OC)C(C)C)C(C)O. The summed E-state index contributed by atoms with van der Waals surface area (Å²) >= 11 is 0. The monoisotopic (exact) mass is 243 g/mol. The number of amides is 1. The van der Waals surface area contributed by atoms with Crippen molar-refractivity contribution in [2.75, 3.05) is 7.11 Å². The normalized spacial score (nSPS) is 15.9. The van der Waals surface area contributed by atoms with Gasteiger partial charge in [0.2, 0.25) is 5.91 Å². The molecule has 3 atom stereocenters. The average Bonchev–Trinajstić information content (AvgIpc) is 2.24. The Balaban J connectivity index is 4.71. The number of aliphatic hydroxyl groups excluding tert-OH is 1. The van der Waals surface area contributed by atoms with Crippen LogP contribution < -0.4 is 5.32 Å². The Kier molecular flexibility index (Phi) is 6.50. The summed E-state index contributed by atoms with van der Waals surface area (Å²) in [4.78, 5) is 23.2. The molecular formula is C12H21NO4. The van der Waals surface area contributed by atoms with Crippen molar-refractivity contribution < 1.29 is 19.4 Å². The highest BCUT2D eigenvalue weighted by Crippen LogP contribution is 2.09. The third-order valence-corrected chi connectivity index (χ3v) is 2.50. The first-order valence-electron chi connectivity index (χ1n) is 5.54. The molecule has 0 heterocycles. The fourth-order valence-electron chi connectivity index (χ4n) is 1.40. The molecule has 0 bridgehead atoms. The molecule has 0 aromatic heterocycles. The summed E-state index contributed by atoms with van der Waals surface area (Å²) in [5, 5.41) is 11.9. The van der Waals surface area contributed by atoms with Crippen LogP contribution in [0.2, 0.25) is 0 Å². The van der Waals surface area contributed by atoms with Gasteiger partial charge in [0.25, 0.3) is 0 Å². The first kappa shape index (κ1) is 15.6. The summed E-state index contributed by atoms with van der Waals surface area (Å²) in [5.41, 5.74) is 0. The minimum Gasteiger partial charge on any atom is -0.467 e. The first-order valence-corrected chi connectivity index (χ1v) is 5.54. The van der Waals surface area contributed by atoms with Crippen molar-refractivity contribution in [3.63, 3.8) is 0 Å². The molecule has 17 heavy (non-hydrogen) atoms. The summed E-state index contributed by atoms with van der Waals surface area (Å²) in [6, 6.07) is -0.714. The van der Waals surface area contributed by atoms with Gasteiger partial charge in [-0.05, 0) is 12.8 Å². The van der Waals surface area contributed by atoms with Crippen LogP contribution in [0.3, 0.4) is 0 Å². The lowest BCUT2D eigenvalue weighted by atomic mass is 10.00. The number of esters is 1. The lowest BCUT2D eigenvalue weighted by Crippen LogP contribution is -2.48. The number of carbonyl (C=O) groups is 2. The average molecular weight is 243 g/mol. The highest BCUT2D eigenvalue weighted by Gasteiger charge is 2.28. The van der Waals surface area contributed by atoms with Crippen molar-refractivity contribution in [1.29, 1.82) is 0 Å². The lowest BCUT2D eigenvalue weighted by molar-refractivity contribution is -0.147. The van der Waals surface area contributed by atoms with Gasteiger partial charge >= 0.3 is 5.97 Å². The molecule has 0 rings (SSSR count). The molecule has 5 heteroatoms. The Bertz CT molecular complexity index is 286. The zero-order chi connectivity index (χ0) is 13.6. The van der Waals surface area contributed by atoms with Gasteiger partial charge in [0, 0.05) is 0 Å². The molecule has 0 aliphatic rings. The van der Waals surface area contributed by atoms with Crippen LogP contribution in [0.5, 0.6) is 0 Å². The van der Waals surface area contributed by atoms with Gasteiger partial charge in [-0.1, -0.05) is 19.9 Å². The van der Waals surface area contributed by atoms with E-state index >= 15 is 0 Å². The van der Waals surface area contributed by atoms with Crippen molar-refractivity contribution >= 4 is 11.9 Å². The van der Waals surface area contributed by atoms with E-state index in [4.69, 9.17) is 0 Å². The van der Waals surface area contributed by atoms with Crippen LogP contribution in [-0.2, 0) is 14.3 Å². The molecule has 0 saturated heterocycles. The molecule has 0 radical (unpaired) electrons. The maximum Gasteiger partial charge on any atom is 0.328 e. The van der Waals surface area contributed by atoms with E-state index < -0.39 is 29.9 Å². The van der Waals surface area contributed by atoms with Gasteiger partial charge < -0.3 is 15.2 Å². The highest BCUT2D eigenvalue weighted by atomic mass is 16.5. The fourth-order valence-corrected chi connectivity index (χ4v) is 1.40. The van der Waals surface area contributed by atoms with Crippen LogP contribution in [0.4, 0.5) is 0 Å². The highest BCUT2D eigenvalue weighted by molar-refractivity contribution is 5.87. The van der Waals surface area contributed by atoms with Gasteiger partial charge in [-0.25, -0.2) is 4.79 Å². The number of aliphatic hydroxyl groups is 1. The molecule has 2 N–H and O–H groups in total. The van der Waals surface area contributed by atoms with E-state index in [9.17, 15) is 14.7 Å². The predicted octanol–water partition coefficient (Wildman–Crippen LogP) is 0.483. The van der Waals surface area contributed by atoms with Crippen molar-refractivity contribution in [3.05, 3.63) is 12.7 Å². The van der Waals surface area contributed by atoms with Crippen LogP contribution in [-0.4, -0.2) is 36.2 Å². The van der Waals surface area contributed by atoms with Crippen LogP contribution in [0.25, 0.3) is 0 Å². The van der Waals surface area contributed by atoms with Gasteiger partial charge in [0.05, 0.1) is 19.1 Å². The van der Waals surface area contributed by atoms with E-state index in [1.165, 1.54) is 20.1 Å². The number of methoxy groups -OCH3 is 1. The van der Waals surface area contributed by atoms with Crippen molar-refractivity contribution in [3.8, 4) is 0 Å². The van der Waals surface area contributed by atoms with Gasteiger partial charge in [0.1, 0.15) is 6.04 Å². The van der Waals surface area contributed by atoms with Crippen LogP contribution in [0.1, 0.15) is 20.8 Å². The minimum atomic E-state index is -0.849. The van der Waals surface area contributed by atoms with Gasteiger partial charge in [-0.15, -0.1) is 6.58 Å². The van der Waals surface area contributed by atoms with Gasteiger partial charge in [0.15, 0.2) is 0 Å². The molecule has 0 fully saturated rings. The van der Waals surface area contributed by atoms with Crippen molar-refractivity contribution in [2.45, 2.75) is 32.9 Å². The molecule has 0 aromatic rings. The molecule has 0 aromatic carbocycles.